The molecule has 1 amide bonds. The molecule has 0 radical (unpaired) electrons. The molecule has 0 saturated carbocycles. The Bertz CT molecular complexity index is 1550. The number of sulfonamides is 1. The van der Waals surface area contributed by atoms with Gasteiger partial charge in [-0.25, -0.2) is 8.42 Å². The first-order chi connectivity index (χ1) is 16.7. The molecule has 5 rings (SSSR count). The van der Waals surface area contributed by atoms with Crippen molar-refractivity contribution in [3.8, 4) is 0 Å². The van der Waals surface area contributed by atoms with Crippen molar-refractivity contribution in [1.82, 2.24) is 0 Å². The Balaban J connectivity index is 1.50. The van der Waals surface area contributed by atoms with Crippen LogP contribution in [0.25, 0.3) is 10.8 Å². The molecule has 1 aliphatic rings. The zero-order valence-electron chi connectivity index (χ0n) is 20.1. The Hall–Kier alpha value is -3.64. The van der Waals surface area contributed by atoms with Gasteiger partial charge in [0.1, 0.15) is 6.54 Å². The van der Waals surface area contributed by atoms with Crippen LogP contribution in [0.3, 0.4) is 0 Å². The minimum atomic E-state index is -3.96. The highest BCUT2D eigenvalue weighted by atomic mass is 32.2. The molecule has 4 aromatic carbocycles. The van der Waals surface area contributed by atoms with E-state index in [-0.39, 0.29) is 11.4 Å². The second kappa shape index (κ2) is 8.86. The number of rotatable bonds is 6. The number of carbonyl (C=O) groups is 1. The lowest BCUT2D eigenvalue weighted by Gasteiger charge is -2.25. The largest absolute Gasteiger partial charge is 0.324 e. The molecule has 0 bridgehead atoms. The Kier molecular flexibility index (Phi) is 5.85. The van der Waals surface area contributed by atoms with Gasteiger partial charge in [0, 0.05) is 11.1 Å². The summed E-state index contributed by atoms with van der Waals surface area (Å²) >= 11 is 0. The molecule has 35 heavy (non-hydrogen) atoms. The van der Waals surface area contributed by atoms with E-state index >= 15 is 0 Å². The number of anilines is 2. The van der Waals surface area contributed by atoms with Crippen molar-refractivity contribution >= 4 is 38.1 Å². The molecular formula is C29H28N2O3S. The van der Waals surface area contributed by atoms with Gasteiger partial charge in [0.2, 0.25) is 5.91 Å². The van der Waals surface area contributed by atoms with Gasteiger partial charge in [-0.3, -0.25) is 9.10 Å². The van der Waals surface area contributed by atoms with Crippen LogP contribution in [0, 0.1) is 20.8 Å². The third kappa shape index (κ3) is 4.30. The lowest BCUT2D eigenvalue weighted by molar-refractivity contribution is -0.114. The van der Waals surface area contributed by atoms with Crippen molar-refractivity contribution in [3.05, 3.63) is 101 Å². The van der Waals surface area contributed by atoms with E-state index in [1.54, 1.807) is 30.3 Å². The Labute approximate surface area is 206 Å². The second-order valence-corrected chi connectivity index (χ2v) is 11.1. The smallest absolute Gasteiger partial charge is 0.264 e. The molecule has 0 atom stereocenters. The maximum atomic E-state index is 13.7. The maximum absolute atomic E-state index is 13.7. The van der Waals surface area contributed by atoms with E-state index in [1.165, 1.54) is 20.8 Å². The zero-order chi connectivity index (χ0) is 24.7. The summed E-state index contributed by atoms with van der Waals surface area (Å²) in [5.41, 5.74) is 6.71. The highest BCUT2D eigenvalue weighted by Gasteiger charge is 2.28. The van der Waals surface area contributed by atoms with E-state index in [4.69, 9.17) is 0 Å². The summed E-state index contributed by atoms with van der Waals surface area (Å²) in [6.45, 7) is 5.48. The molecule has 0 spiro atoms. The number of hydrogen-bond donors (Lipinski definition) is 1. The van der Waals surface area contributed by atoms with Crippen molar-refractivity contribution in [2.24, 2.45) is 0 Å². The highest BCUT2D eigenvalue weighted by Crippen LogP contribution is 2.35. The zero-order valence-corrected chi connectivity index (χ0v) is 20.9. The number of nitrogens with zero attached hydrogens (tertiary/aromatic N) is 1. The van der Waals surface area contributed by atoms with Crippen LogP contribution in [0.1, 0.15) is 27.8 Å². The minimum absolute atomic E-state index is 0.152. The normalized spacial score (nSPS) is 12.7. The molecule has 0 unspecified atom stereocenters. The average molecular weight is 485 g/mol. The van der Waals surface area contributed by atoms with Gasteiger partial charge in [0.05, 0.1) is 10.6 Å². The first-order valence-electron chi connectivity index (χ1n) is 11.7. The number of nitrogens with one attached hydrogen (secondary N) is 1. The van der Waals surface area contributed by atoms with E-state index in [9.17, 15) is 13.2 Å². The molecule has 6 heteroatoms. The molecule has 5 nitrogen and oxygen atoms in total. The van der Waals surface area contributed by atoms with Crippen molar-refractivity contribution in [2.45, 2.75) is 38.5 Å². The quantitative estimate of drug-likeness (QED) is 0.382. The lowest BCUT2D eigenvalue weighted by Crippen LogP contribution is -2.38. The van der Waals surface area contributed by atoms with E-state index in [0.29, 0.717) is 11.4 Å². The number of benzene rings is 4. The minimum Gasteiger partial charge on any atom is -0.324 e. The fraction of sp³-hybridized carbons (Fsp3) is 0.207. The van der Waals surface area contributed by atoms with Gasteiger partial charge in [-0.1, -0.05) is 48.0 Å². The van der Waals surface area contributed by atoms with E-state index in [1.807, 2.05) is 51.1 Å². The first-order valence-corrected chi connectivity index (χ1v) is 13.2. The molecule has 0 fully saturated rings. The summed E-state index contributed by atoms with van der Waals surface area (Å²) in [5.74, 6) is -0.391. The van der Waals surface area contributed by atoms with Crippen LogP contribution in [-0.4, -0.2) is 20.9 Å². The summed E-state index contributed by atoms with van der Waals surface area (Å²) in [5, 5.41) is 5.17. The monoisotopic (exact) mass is 484 g/mol. The van der Waals surface area contributed by atoms with Gasteiger partial charge in [-0.2, -0.15) is 0 Å². The fourth-order valence-electron chi connectivity index (χ4n) is 4.71. The number of hydrogen-bond acceptors (Lipinski definition) is 3. The third-order valence-corrected chi connectivity index (χ3v) is 8.61. The molecule has 178 valence electrons. The fourth-order valence-corrected chi connectivity index (χ4v) is 6.12. The van der Waals surface area contributed by atoms with Gasteiger partial charge in [0.25, 0.3) is 10.0 Å². The van der Waals surface area contributed by atoms with Crippen LogP contribution in [-0.2, 0) is 27.7 Å². The van der Waals surface area contributed by atoms with Gasteiger partial charge >= 0.3 is 0 Å². The predicted octanol–water partition coefficient (Wildman–Crippen LogP) is 5.70. The Morgan fingerprint density at radius 3 is 2.29 bits per heavy atom. The third-order valence-electron chi connectivity index (χ3n) is 6.83. The van der Waals surface area contributed by atoms with Crippen LogP contribution in [0.2, 0.25) is 0 Å². The molecule has 0 aliphatic heterocycles. The Morgan fingerprint density at radius 1 is 0.857 bits per heavy atom. The number of amides is 1. The van der Waals surface area contributed by atoms with Crippen molar-refractivity contribution in [1.29, 1.82) is 0 Å². The first kappa shape index (κ1) is 23.1. The van der Waals surface area contributed by atoms with E-state index < -0.39 is 15.9 Å². The standard InChI is InChI=1S/C29H28N2O3S/c1-19-7-14-25(15-8-19)35(33,34)31(24-13-9-20(2)21(3)17-24)18-28(32)30-27-16-12-23-11-10-22-5-4-6-26(27)29(22)23/h4-9,12-17H,10-11,18H2,1-3H3,(H,30,32). The average Bonchev–Trinajstić information content (AvgIpc) is 3.26. The predicted molar refractivity (Wildman–Crippen MR) is 142 cm³/mol. The van der Waals surface area contributed by atoms with E-state index in [2.05, 4.69) is 17.4 Å². The van der Waals surface area contributed by atoms with Crippen LogP contribution >= 0.6 is 0 Å². The van der Waals surface area contributed by atoms with Crippen LogP contribution < -0.4 is 9.62 Å². The van der Waals surface area contributed by atoms with E-state index in [0.717, 1.165) is 34.9 Å². The van der Waals surface area contributed by atoms with Gasteiger partial charge in [-0.05, 0) is 91.6 Å². The van der Waals surface area contributed by atoms with Crippen LogP contribution in [0.4, 0.5) is 11.4 Å². The molecule has 1 N–H and O–H groups in total. The van der Waals surface area contributed by atoms with Crippen LogP contribution in [0.5, 0.6) is 0 Å². The summed E-state index contributed by atoms with van der Waals surface area (Å²) in [4.78, 5) is 13.4. The molecule has 0 saturated heterocycles. The molecule has 4 aromatic rings. The lowest BCUT2D eigenvalue weighted by atomic mass is 10.0. The highest BCUT2D eigenvalue weighted by molar-refractivity contribution is 7.92. The van der Waals surface area contributed by atoms with Gasteiger partial charge < -0.3 is 5.32 Å². The van der Waals surface area contributed by atoms with Crippen molar-refractivity contribution < 1.29 is 13.2 Å². The van der Waals surface area contributed by atoms with Gasteiger partial charge in [-0.15, -0.1) is 0 Å². The summed E-state index contributed by atoms with van der Waals surface area (Å²) in [6.07, 6.45) is 2.00. The molecule has 0 aromatic heterocycles. The molecule has 0 heterocycles. The summed E-state index contributed by atoms with van der Waals surface area (Å²) in [7, 11) is -3.96. The Morgan fingerprint density at radius 2 is 1.57 bits per heavy atom. The second-order valence-electron chi connectivity index (χ2n) is 9.25. The van der Waals surface area contributed by atoms with Crippen molar-refractivity contribution in [2.75, 3.05) is 16.2 Å². The topological polar surface area (TPSA) is 66.5 Å². The summed E-state index contributed by atoms with van der Waals surface area (Å²) in [6, 6.07) is 22.2. The SMILES string of the molecule is Cc1ccc(S(=O)(=O)N(CC(=O)Nc2ccc3c4c(cccc24)CC3)c2ccc(C)c(C)c2)cc1. The van der Waals surface area contributed by atoms with Crippen LogP contribution in [0.15, 0.2) is 77.7 Å². The number of aryl methyl sites for hydroxylation is 5. The molecule has 1 aliphatic carbocycles. The van der Waals surface area contributed by atoms with Gasteiger partial charge in [0.15, 0.2) is 0 Å². The van der Waals surface area contributed by atoms with Crippen molar-refractivity contribution in [3.63, 3.8) is 0 Å². The summed E-state index contributed by atoms with van der Waals surface area (Å²) < 4.78 is 28.6. The number of carbonyl (C=O) groups excluding carboxylic acids is 1. The maximum Gasteiger partial charge on any atom is 0.264 e. The molecular weight excluding hydrogens is 456 g/mol.